The highest BCUT2D eigenvalue weighted by atomic mass is 32.2. The van der Waals surface area contributed by atoms with Gasteiger partial charge in [0.05, 0.1) is 0 Å². The van der Waals surface area contributed by atoms with E-state index in [1.807, 2.05) is 0 Å². The van der Waals surface area contributed by atoms with E-state index < -0.39 is 0 Å². The Hall–Kier alpha value is -0.860. The van der Waals surface area contributed by atoms with Crippen molar-refractivity contribution in [2.24, 2.45) is 4.99 Å². The summed E-state index contributed by atoms with van der Waals surface area (Å²) in [5, 5.41) is -0.217. The summed E-state index contributed by atoms with van der Waals surface area (Å²) < 4.78 is 0. The Morgan fingerprint density at radius 1 is 1.70 bits per heavy atom. The van der Waals surface area contributed by atoms with Crippen molar-refractivity contribution in [2.45, 2.75) is 6.92 Å². The summed E-state index contributed by atoms with van der Waals surface area (Å²) in [5.74, 6) is 0. The lowest BCUT2D eigenvalue weighted by molar-refractivity contribution is -0.107. The van der Waals surface area contributed by atoms with Crippen LogP contribution in [0.3, 0.4) is 0 Å². The van der Waals surface area contributed by atoms with Crippen LogP contribution < -0.4 is 0 Å². The lowest BCUT2D eigenvalue weighted by Crippen LogP contribution is -1.91. The molecule has 0 N–H and O–H groups in total. The average molecular weight is 157 g/mol. The molecule has 0 amide bonds. The van der Waals surface area contributed by atoms with Gasteiger partial charge in [-0.1, -0.05) is 17.8 Å². The number of allylic oxidation sites excluding steroid dienone is 1. The van der Waals surface area contributed by atoms with Crippen LogP contribution in [0, 0.1) is 0 Å². The highest BCUT2D eigenvalue weighted by molar-refractivity contribution is 8.13. The molecular weight excluding hydrogens is 150 g/mol. The van der Waals surface area contributed by atoms with E-state index in [2.05, 4.69) is 4.99 Å². The average Bonchev–Trinajstić information content (AvgIpc) is 1.99. The third-order valence-corrected chi connectivity index (χ3v) is 1.41. The van der Waals surface area contributed by atoms with E-state index in [9.17, 15) is 9.59 Å². The van der Waals surface area contributed by atoms with E-state index in [1.54, 1.807) is 13.2 Å². The molecule has 0 aromatic carbocycles. The molecule has 0 unspecified atom stereocenters. The van der Waals surface area contributed by atoms with Crippen LogP contribution in [0.15, 0.2) is 16.8 Å². The van der Waals surface area contributed by atoms with E-state index in [0.29, 0.717) is 0 Å². The molecule has 54 valence electrons. The van der Waals surface area contributed by atoms with Crippen LogP contribution in [0.25, 0.3) is 0 Å². The van der Waals surface area contributed by atoms with Crippen LogP contribution in [-0.2, 0) is 9.59 Å². The number of isocyanates is 1. The second kappa shape index (κ2) is 4.97. The predicted octanol–water partition coefficient (Wildman–Crippen LogP) is 1.12. The van der Waals surface area contributed by atoms with Gasteiger partial charge in [-0.2, -0.15) is 4.99 Å². The third kappa shape index (κ3) is 2.62. The standard InChI is InChI=1S/C6H7NO2S/c1-3-5(7-4-8)6(9)10-2/h3H,1-2H3/b5-3+. The second-order valence-corrected chi connectivity index (χ2v) is 2.15. The molecule has 0 rings (SSSR count). The van der Waals surface area contributed by atoms with Crippen LogP contribution in [-0.4, -0.2) is 17.5 Å². The Morgan fingerprint density at radius 3 is 2.60 bits per heavy atom. The molecule has 10 heavy (non-hydrogen) atoms. The maximum absolute atomic E-state index is 10.8. The van der Waals surface area contributed by atoms with Crippen molar-refractivity contribution >= 4 is 23.0 Å². The van der Waals surface area contributed by atoms with Gasteiger partial charge in [0.25, 0.3) is 0 Å². The summed E-state index contributed by atoms with van der Waals surface area (Å²) in [7, 11) is 0. The molecular formula is C6H7NO2S. The minimum atomic E-state index is -0.217. The van der Waals surface area contributed by atoms with Crippen LogP contribution in [0.2, 0.25) is 0 Å². The summed E-state index contributed by atoms with van der Waals surface area (Å²) in [6.07, 6.45) is 4.41. The first-order chi connectivity index (χ1) is 4.76. The SMILES string of the molecule is C/C=C(/N=C=O)C(=O)SC. The molecule has 0 saturated carbocycles. The van der Waals surface area contributed by atoms with Crippen LogP contribution in [0.1, 0.15) is 6.92 Å². The maximum atomic E-state index is 10.8. The summed E-state index contributed by atoms with van der Waals surface area (Å²) in [6, 6.07) is 0. The smallest absolute Gasteiger partial charge is 0.240 e. The van der Waals surface area contributed by atoms with Crippen molar-refractivity contribution in [3.05, 3.63) is 11.8 Å². The zero-order valence-electron chi connectivity index (χ0n) is 5.75. The molecule has 0 aliphatic carbocycles. The molecule has 0 aliphatic heterocycles. The van der Waals surface area contributed by atoms with E-state index in [-0.39, 0.29) is 10.8 Å². The van der Waals surface area contributed by atoms with E-state index in [4.69, 9.17) is 0 Å². The molecule has 0 radical (unpaired) electrons. The van der Waals surface area contributed by atoms with Crippen molar-refractivity contribution in [3.8, 4) is 0 Å². The van der Waals surface area contributed by atoms with Crippen molar-refractivity contribution in [1.82, 2.24) is 0 Å². The van der Waals surface area contributed by atoms with Gasteiger partial charge in [0.2, 0.25) is 11.2 Å². The molecule has 3 nitrogen and oxygen atoms in total. The molecule has 0 spiro atoms. The van der Waals surface area contributed by atoms with Crippen molar-refractivity contribution in [1.29, 1.82) is 0 Å². The molecule has 0 bridgehead atoms. The largest absolute Gasteiger partial charge is 0.280 e. The monoisotopic (exact) mass is 157 g/mol. The number of thioether (sulfide) groups is 1. The fourth-order valence-electron chi connectivity index (χ4n) is 0.382. The number of rotatable bonds is 2. The first kappa shape index (κ1) is 9.14. The number of carbonyl (C=O) groups excluding carboxylic acids is 2. The molecule has 0 aliphatic rings. The summed E-state index contributed by atoms with van der Waals surface area (Å²) in [4.78, 5) is 23.7. The minimum Gasteiger partial charge on any atom is -0.280 e. The zero-order chi connectivity index (χ0) is 7.98. The summed E-state index contributed by atoms with van der Waals surface area (Å²) in [5.41, 5.74) is 0.155. The predicted molar refractivity (Wildman–Crippen MR) is 40.4 cm³/mol. The number of carbonyl (C=O) groups is 1. The Labute approximate surface area is 63.2 Å². The molecule has 0 heterocycles. The Morgan fingerprint density at radius 2 is 2.30 bits per heavy atom. The Kier molecular flexibility index (Phi) is 4.54. The fraction of sp³-hybridized carbons (Fsp3) is 0.333. The van der Waals surface area contributed by atoms with Crippen LogP contribution in [0.5, 0.6) is 0 Å². The number of hydrogen-bond acceptors (Lipinski definition) is 4. The van der Waals surface area contributed by atoms with E-state index in [0.717, 1.165) is 11.8 Å². The topological polar surface area (TPSA) is 46.5 Å². The van der Waals surface area contributed by atoms with Gasteiger partial charge < -0.3 is 0 Å². The van der Waals surface area contributed by atoms with Gasteiger partial charge in [-0.3, -0.25) is 4.79 Å². The third-order valence-electron chi connectivity index (χ3n) is 0.834. The molecule has 4 heteroatoms. The molecule has 0 atom stereocenters. The Balaban J connectivity index is 4.38. The first-order valence-electron chi connectivity index (χ1n) is 2.58. The van der Waals surface area contributed by atoms with Gasteiger partial charge in [0.1, 0.15) is 5.70 Å². The van der Waals surface area contributed by atoms with Crippen LogP contribution in [0.4, 0.5) is 0 Å². The summed E-state index contributed by atoms with van der Waals surface area (Å²) >= 11 is 1.02. The van der Waals surface area contributed by atoms with Gasteiger partial charge in [0.15, 0.2) is 0 Å². The Bertz CT molecular complexity index is 204. The molecule has 0 saturated heterocycles. The second-order valence-electron chi connectivity index (χ2n) is 1.37. The van der Waals surface area contributed by atoms with E-state index >= 15 is 0 Å². The van der Waals surface area contributed by atoms with Gasteiger partial charge in [-0.05, 0) is 13.2 Å². The quantitative estimate of drug-likeness (QED) is 0.343. The van der Waals surface area contributed by atoms with Crippen molar-refractivity contribution in [3.63, 3.8) is 0 Å². The zero-order valence-corrected chi connectivity index (χ0v) is 6.57. The number of nitrogens with zero attached hydrogens (tertiary/aromatic N) is 1. The maximum Gasteiger partial charge on any atom is 0.240 e. The fourth-order valence-corrected chi connectivity index (χ4v) is 0.754. The highest BCUT2D eigenvalue weighted by Crippen LogP contribution is 2.06. The minimum absolute atomic E-state index is 0.155. The number of hydrogen-bond donors (Lipinski definition) is 0. The summed E-state index contributed by atoms with van der Waals surface area (Å²) in [6.45, 7) is 1.64. The van der Waals surface area contributed by atoms with Crippen molar-refractivity contribution < 1.29 is 9.59 Å². The lowest BCUT2D eigenvalue weighted by Gasteiger charge is -1.90. The first-order valence-corrected chi connectivity index (χ1v) is 3.81. The van der Waals surface area contributed by atoms with Gasteiger partial charge >= 0.3 is 0 Å². The highest BCUT2D eigenvalue weighted by Gasteiger charge is 2.03. The normalized spacial score (nSPS) is 10.4. The lowest BCUT2D eigenvalue weighted by atomic mass is 10.5. The molecule has 0 aromatic heterocycles. The van der Waals surface area contributed by atoms with Gasteiger partial charge in [0, 0.05) is 0 Å². The van der Waals surface area contributed by atoms with Crippen LogP contribution >= 0.6 is 11.8 Å². The molecule has 0 aromatic rings. The van der Waals surface area contributed by atoms with Gasteiger partial charge in [-0.25, -0.2) is 4.79 Å². The van der Waals surface area contributed by atoms with Crippen molar-refractivity contribution in [2.75, 3.05) is 6.26 Å². The van der Waals surface area contributed by atoms with E-state index in [1.165, 1.54) is 12.2 Å². The number of aliphatic imine (C=N–C) groups is 1. The molecule has 0 fully saturated rings. The van der Waals surface area contributed by atoms with Gasteiger partial charge in [-0.15, -0.1) is 0 Å².